The first-order chi connectivity index (χ1) is 11.7. The van der Waals surface area contributed by atoms with Gasteiger partial charge in [-0.15, -0.1) is 0 Å². The van der Waals surface area contributed by atoms with Crippen LogP contribution in [0, 0.1) is 0 Å². The number of benzene rings is 2. The summed E-state index contributed by atoms with van der Waals surface area (Å²) in [5.74, 6) is 0.457. The molecule has 1 N–H and O–H groups in total. The standard InChI is InChI=1S/C20H20N2O2/c1-3-17(14-8-5-4-6-9-14)20(23)22-18-13-16(24-2)12-15-10-7-11-21-19(15)18/h4-13,17H,3H2,1-2H3,(H,22,23). The van der Waals surface area contributed by atoms with Gasteiger partial charge in [-0.3, -0.25) is 9.78 Å². The minimum atomic E-state index is -0.198. The Bertz CT molecular complexity index is 847. The van der Waals surface area contributed by atoms with Gasteiger partial charge in [0.05, 0.1) is 24.2 Å². The van der Waals surface area contributed by atoms with Crippen LogP contribution in [0.1, 0.15) is 24.8 Å². The number of rotatable bonds is 5. The molecule has 1 unspecified atom stereocenters. The van der Waals surface area contributed by atoms with E-state index in [1.165, 1.54) is 0 Å². The van der Waals surface area contributed by atoms with E-state index in [1.54, 1.807) is 13.3 Å². The molecule has 0 aliphatic rings. The van der Waals surface area contributed by atoms with Crippen LogP contribution < -0.4 is 10.1 Å². The van der Waals surface area contributed by atoms with Gasteiger partial charge < -0.3 is 10.1 Å². The SMILES string of the molecule is CCC(C(=O)Nc1cc(OC)cc2cccnc12)c1ccccc1. The van der Waals surface area contributed by atoms with Crippen molar-refractivity contribution in [1.29, 1.82) is 0 Å². The Hall–Kier alpha value is -2.88. The number of fused-ring (bicyclic) bond motifs is 1. The van der Waals surface area contributed by atoms with Crippen molar-refractivity contribution in [2.45, 2.75) is 19.3 Å². The number of methoxy groups -OCH3 is 1. The molecule has 0 bridgehead atoms. The summed E-state index contributed by atoms with van der Waals surface area (Å²) < 4.78 is 5.34. The number of anilines is 1. The van der Waals surface area contributed by atoms with E-state index in [2.05, 4.69) is 10.3 Å². The van der Waals surface area contributed by atoms with Crippen molar-refractivity contribution in [3.8, 4) is 5.75 Å². The first kappa shape index (κ1) is 16.0. The fourth-order valence-electron chi connectivity index (χ4n) is 2.86. The first-order valence-electron chi connectivity index (χ1n) is 8.01. The Balaban J connectivity index is 1.95. The summed E-state index contributed by atoms with van der Waals surface area (Å²) in [6, 6.07) is 17.4. The van der Waals surface area contributed by atoms with E-state index in [1.807, 2.05) is 61.5 Å². The number of hydrogen-bond acceptors (Lipinski definition) is 3. The van der Waals surface area contributed by atoms with Crippen molar-refractivity contribution < 1.29 is 9.53 Å². The molecule has 0 aliphatic carbocycles. The Morgan fingerprint density at radius 1 is 1.17 bits per heavy atom. The van der Waals surface area contributed by atoms with Crippen molar-refractivity contribution in [1.82, 2.24) is 4.98 Å². The van der Waals surface area contributed by atoms with Gasteiger partial charge in [0.15, 0.2) is 0 Å². The average molecular weight is 320 g/mol. The second kappa shape index (κ2) is 7.13. The highest BCUT2D eigenvalue weighted by molar-refractivity contribution is 6.03. The number of carbonyl (C=O) groups excluding carboxylic acids is 1. The molecule has 1 heterocycles. The van der Waals surface area contributed by atoms with E-state index in [0.29, 0.717) is 11.4 Å². The highest BCUT2D eigenvalue weighted by Gasteiger charge is 2.19. The fraction of sp³-hybridized carbons (Fsp3) is 0.200. The number of nitrogens with one attached hydrogen (secondary N) is 1. The van der Waals surface area contributed by atoms with Gasteiger partial charge in [0.25, 0.3) is 0 Å². The van der Waals surface area contributed by atoms with Gasteiger partial charge in [0.1, 0.15) is 5.75 Å². The summed E-state index contributed by atoms with van der Waals surface area (Å²) >= 11 is 0. The van der Waals surface area contributed by atoms with Crippen LogP contribution in [0.2, 0.25) is 0 Å². The van der Waals surface area contributed by atoms with E-state index in [9.17, 15) is 4.79 Å². The van der Waals surface area contributed by atoms with Crippen molar-refractivity contribution in [3.63, 3.8) is 0 Å². The van der Waals surface area contributed by atoms with E-state index in [-0.39, 0.29) is 11.8 Å². The molecule has 2 aromatic carbocycles. The summed E-state index contributed by atoms with van der Waals surface area (Å²) in [6.45, 7) is 2.01. The molecule has 24 heavy (non-hydrogen) atoms. The predicted octanol–water partition coefficient (Wildman–Crippen LogP) is 4.38. The van der Waals surface area contributed by atoms with Crippen LogP contribution in [-0.2, 0) is 4.79 Å². The van der Waals surface area contributed by atoms with Crippen LogP contribution in [-0.4, -0.2) is 18.0 Å². The summed E-state index contributed by atoms with van der Waals surface area (Å²) in [5.41, 5.74) is 2.44. The number of hydrogen-bond donors (Lipinski definition) is 1. The number of pyridine rings is 1. The lowest BCUT2D eigenvalue weighted by atomic mass is 9.95. The summed E-state index contributed by atoms with van der Waals surface area (Å²) in [4.78, 5) is 17.2. The molecule has 3 rings (SSSR count). The number of ether oxygens (including phenoxy) is 1. The highest BCUT2D eigenvalue weighted by Crippen LogP contribution is 2.29. The Labute approximate surface area is 141 Å². The van der Waals surface area contributed by atoms with Gasteiger partial charge in [-0.1, -0.05) is 43.3 Å². The lowest BCUT2D eigenvalue weighted by molar-refractivity contribution is -0.117. The van der Waals surface area contributed by atoms with Crippen LogP contribution in [0.5, 0.6) is 5.75 Å². The van der Waals surface area contributed by atoms with Crippen molar-refractivity contribution >= 4 is 22.5 Å². The monoisotopic (exact) mass is 320 g/mol. The number of nitrogens with zero attached hydrogens (tertiary/aromatic N) is 1. The molecular weight excluding hydrogens is 300 g/mol. The first-order valence-corrected chi connectivity index (χ1v) is 8.01. The van der Waals surface area contributed by atoms with E-state index >= 15 is 0 Å². The second-order valence-corrected chi connectivity index (χ2v) is 5.61. The molecule has 0 fully saturated rings. The summed E-state index contributed by atoms with van der Waals surface area (Å²) in [7, 11) is 1.61. The molecule has 1 atom stereocenters. The number of carbonyl (C=O) groups is 1. The molecule has 0 radical (unpaired) electrons. The third-order valence-corrected chi connectivity index (χ3v) is 4.10. The third-order valence-electron chi connectivity index (χ3n) is 4.10. The third kappa shape index (κ3) is 3.23. The molecule has 1 aromatic heterocycles. The van der Waals surface area contributed by atoms with Gasteiger partial charge in [0, 0.05) is 17.6 Å². The molecule has 122 valence electrons. The fourth-order valence-corrected chi connectivity index (χ4v) is 2.86. The lowest BCUT2D eigenvalue weighted by Crippen LogP contribution is -2.21. The van der Waals surface area contributed by atoms with Crippen LogP contribution in [0.4, 0.5) is 5.69 Å². The van der Waals surface area contributed by atoms with Gasteiger partial charge in [-0.25, -0.2) is 0 Å². The molecule has 0 spiro atoms. The van der Waals surface area contributed by atoms with Gasteiger partial charge in [0.2, 0.25) is 5.91 Å². The van der Waals surface area contributed by atoms with E-state index in [4.69, 9.17) is 4.74 Å². The Morgan fingerprint density at radius 3 is 2.67 bits per heavy atom. The second-order valence-electron chi connectivity index (χ2n) is 5.61. The zero-order valence-electron chi connectivity index (χ0n) is 13.8. The maximum absolute atomic E-state index is 12.8. The van der Waals surface area contributed by atoms with Crippen molar-refractivity contribution in [2.75, 3.05) is 12.4 Å². The summed E-state index contributed by atoms with van der Waals surface area (Å²) in [5, 5.41) is 3.96. The molecular formula is C20H20N2O2. The molecule has 0 saturated heterocycles. The molecule has 0 aliphatic heterocycles. The smallest absolute Gasteiger partial charge is 0.231 e. The molecule has 3 aromatic rings. The number of amides is 1. The molecule has 0 saturated carbocycles. The Kier molecular flexibility index (Phi) is 4.75. The quantitative estimate of drug-likeness (QED) is 0.759. The Morgan fingerprint density at radius 2 is 1.96 bits per heavy atom. The zero-order chi connectivity index (χ0) is 16.9. The van der Waals surface area contributed by atoms with Crippen LogP contribution >= 0.6 is 0 Å². The van der Waals surface area contributed by atoms with Crippen LogP contribution in [0.3, 0.4) is 0 Å². The maximum atomic E-state index is 12.8. The largest absolute Gasteiger partial charge is 0.497 e. The van der Waals surface area contributed by atoms with Gasteiger partial charge in [-0.05, 0) is 24.1 Å². The maximum Gasteiger partial charge on any atom is 0.231 e. The van der Waals surface area contributed by atoms with Gasteiger partial charge >= 0.3 is 0 Å². The zero-order valence-corrected chi connectivity index (χ0v) is 13.8. The number of aromatic nitrogens is 1. The lowest BCUT2D eigenvalue weighted by Gasteiger charge is -2.17. The van der Waals surface area contributed by atoms with Gasteiger partial charge in [-0.2, -0.15) is 0 Å². The van der Waals surface area contributed by atoms with E-state index < -0.39 is 0 Å². The minimum absolute atomic E-state index is 0.0380. The molecule has 4 nitrogen and oxygen atoms in total. The predicted molar refractivity (Wildman–Crippen MR) is 96.4 cm³/mol. The van der Waals surface area contributed by atoms with Crippen LogP contribution in [0.15, 0.2) is 60.8 Å². The van der Waals surface area contributed by atoms with Crippen molar-refractivity contribution in [3.05, 3.63) is 66.4 Å². The van der Waals surface area contributed by atoms with Crippen LogP contribution in [0.25, 0.3) is 10.9 Å². The normalized spacial score (nSPS) is 11.9. The minimum Gasteiger partial charge on any atom is -0.497 e. The van der Waals surface area contributed by atoms with Crippen molar-refractivity contribution in [2.24, 2.45) is 0 Å². The highest BCUT2D eigenvalue weighted by atomic mass is 16.5. The average Bonchev–Trinajstić information content (AvgIpc) is 2.63. The topological polar surface area (TPSA) is 51.2 Å². The molecule has 1 amide bonds. The summed E-state index contributed by atoms with van der Waals surface area (Å²) in [6.07, 6.45) is 2.45. The van der Waals surface area contributed by atoms with E-state index in [0.717, 1.165) is 22.9 Å². The molecule has 4 heteroatoms.